The van der Waals surface area contributed by atoms with Gasteiger partial charge in [0.05, 0.1) is 12.5 Å². The maximum atomic E-state index is 13.7. The van der Waals surface area contributed by atoms with Crippen molar-refractivity contribution in [3.63, 3.8) is 0 Å². The van der Waals surface area contributed by atoms with Crippen LogP contribution in [-0.4, -0.2) is 62.3 Å². The highest BCUT2D eigenvalue weighted by molar-refractivity contribution is 7.89. The van der Waals surface area contributed by atoms with Gasteiger partial charge in [-0.1, -0.05) is 37.3 Å². The second-order valence-corrected chi connectivity index (χ2v) is 12.2. The molecule has 1 saturated heterocycles. The van der Waals surface area contributed by atoms with Crippen LogP contribution in [0.25, 0.3) is 0 Å². The smallest absolute Gasteiger partial charge is 0.293 e. The number of sulfonamides is 1. The van der Waals surface area contributed by atoms with Gasteiger partial charge in [0.2, 0.25) is 10.0 Å². The fraction of sp³-hybridized carbons (Fsp3) is 0.400. The van der Waals surface area contributed by atoms with Gasteiger partial charge in [-0.15, -0.1) is 0 Å². The molecule has 10 heteroatoms. The second-order valence-electron chi connectivity index (χ2n) is 10.3. The lowest BCUT2D eigenvalue weighted by Gasteiger charge is -2.24. The molecule has 9 nitrogen and oxygen atoms in total. The van der Waals surface area contributed by atoms with Crippen LogP contribution in [0.1, 0.15) is 65.1 Å². The maximum absolute atomic E-state index is 13.7. The van der Waals surface area contributed by atoms with E-state index in [2.05, 4.69) is 0 Å². The van der Waals surface area contributed by atoms with E-state index >= 15 is 0 Å². The molecule has 0 aliphatic carbocycles. The number of hydrogen-bond donors (Lipinski definition) is 0. The first-order valence-electron chi connectivity index (χ1n) is 13.6. The number of benzene rings is 2. The molecule has 2 aliphatic rings. The number of likely N-dealkylation sites (tertiary alicyclic amines) is 1. The first-order chi connectivity index (χ1) is 19.3. The Morgan fingerprint density at radius 3 is 2.65 bits per heavy atom. The second kappa shape index (κ2) is 11.9. The summed E-state index contributed by atoms with van der Waals surface area (Å²) in [5.41, 5.74) is 2.52. The summed E-state index contributed by atoms with van der Waals surface area (Å²) in [5.74, 6) is 0.487. The van der Waals surface area contributed by atoms with Gasteiger partial charge in [-0.25, -0.2) is 8.42 Å². The topological polar surface area (TPSA) is 106 Å². The molecule has 3 aromatic rings. The Morgan fingerprint density at radius 1 is 1.12 bits per heavy atom. The molecule has 0 saturated carbocycles. The summed E-state index contributed by atoms with van der Waals surface area (Å²) in [6, 6.07) is 15.9. The Bertz CT molecular complexity index is 1480. The molecule has 2 aliphatic heterocycles. The van der Waals surface area contributed by atoms with Gasteiger partial charge in [0.25, 0.3) is 12.4 Å². The lowest BCUT2D eigenvalue weighted by atomic mass is 9.93. The van der Waals surface area contributed by atoms with Gasteiger partial charge in [0.1, 0.15) is 29.1 Å². The minimum atomic E-state index is -3.81. The largest absolute Gasteiger partial charge is 0.488 e. The number of carbonyl (C=O) groups excluding carboxylic acids is 2. The molecule has 0 radical (unpaired) electrons. The van der Waals surface area contributed by atoms with Gasteiger partial charge < -0.3 is 18.8 Å². The van der Waals surface area contributed by atoms with Crippen LogP contribution in [0.3, 0.4) is 0 Å². The molecule has 5 rings (SSSR count). The third-order valence-electron chi connectivity index (χ3n) is 7.65. The number of rotatable bonds is 9. The Kier molecular flexibility index (Phi) is 8.27. The third kappa shape index (κ3) is 5.64. The summed E-state index contributed by atoms with van der Waals surface area (Å²) in [7, 11) is -3.81. The summed E-state index contributed by atoms with van der Waals surface area (Å²) in [5, 5.41) is 0. The first-order valence-corrected chi connectivity index (χ1v) is 15.0. The van der Waals surface area contributed by atoms with Crippen LogP contribution >= 0.6 is 0 Å². The number of hydrogen-bond acceptors (Lipinski definition) is 7. The average Bonchev–Trinajstić information content (AvgIpc) is 3.65. The van der Waals surface area contributed by atoms with Gasteiger partial charge in [0.15, 0.2) is 5.76 Å². The molecule has 1 amide bonds. The quantitative estimate of drug-likeness (QED) is 0.351. The molecule has 1 fully saturated rings. The number of furan rings is 1. The number of ether oxygens (including phenoxy) is 2. The third-order valence-corrected chi connectivity index (χ3v) is 9.50. The van der Waals surface area contributed by atoms with E-state index in [9.17, 15) is 18.0 Å². The molecule has 0 spiro atoms. The van der Waals surface area contributed by atoms with E-state index < -0.39 is 15.9 Å². The SMILES string of the molecule is CC[C@@H]1CN(Cc2cc(C(COC=O)c3ccc(C(=O)N4CCCC4)o3)ccc2C)S(=O)(=O)c2ccccc2O1. The van der Waals surface area contributed by atoms with Crippen molar-refractivity contribution >= 4 is 22.4 Å². The number of aryl methyl sites for hydroxylation is 1. The normalized spacial score (nSPS) is 19.4. The fourth-order valence-corrected chi connectivity index (χ4v) is 6.85. The fourth-order valence-electron chi connectivity index (χ4n) is 5.28. The van der Waals surface area contributed by atoms with Crippen molar-refractivity contribution in [2.75, 3.05) is 26.2 Å². The molecule has 3 heterocycles. The molecule has 0 bridgehead atoms. The lowest BCUT2D eigenvalue weighted by molar-refractivity contribution is -0.129. The van der Waals surface area contributed by atoms with Crippen LogP contribution in [0.15, 0.2) is 63.9 Å². The van der Waals surface area contributed by atoms with Crippen molar-refractivity contribution in [1.29, 1.82) is 0 Å². The van der Waals surface area contributed by atoms with Crippen molar-refractivity contribution in [3.05, 3.63) is 82.8 Å². The Hall–Kier alpha value is -3.63. The molecule has 1 unspecified atom stereocenters. The Labute approximate surface area is 234 Å². The number of fused-ring (bicyclic) bond motifs is 1. The predicted molar refractivity (Wildman–Crippen MR) is 148 cm³/mol. The lowest BCUT2D eigenvalue weighted by Crippen LogP contribution is -2.36. The van der Waals surface area contributed by atoms with Crippen molar-refractivity contribution < 1.29 is 31.9 Å². The van der Waals surface area contributed by atoms with Gasteiger partial charge >= 0.3 is 0 Å². The van der Waals surface area contributed by atoms with Crippen LogP contribution < -0.4 is 4.74 Å². The van der Waals surface area contributed by atoms with E-state index in [4.69, 9.17) is 13.9 Å². The summed E-state index contributed by atoms with van der Waals surface area (Å²) >= 11 is 0. The molecule has 2 aromatic carbocycles. The van der Waals surface area contributed by atoms with E-state index in [1.54, 1.807) is 41.3 Å². The van der Waals surface area contributed by atoms with Gasteiger partial charge in [-0.3, -0.25) is 9.59 Å². The molecular weight excluding hydrogens is 532 g/mol. The first kappa shape index (κ1) is 27.9. The van der Waals surface area contributed by atoms with E-state index in [0.717, 1.165) is 29.5 Å². The molecule has 0 N–H and O–H groups in total. The zero-order chi connectivity index (χ0) is 28.3. The highest BCUT2D eigenvalue weighted by Crippen LogP contribution is 2.34. The van der Waals surface area contributed by atoms with Crippen LogP contribution in [0, 0.1) is 6.92 Å². The van der Waals surface area contributed by atoms with Crippen molar-refractivity contribution in [2.45, 2.75) is 56.6 Å². The minimum Gasteiger partial charge on any atom is -0.488 e. The van der Waals surface area contributed by atoms with Gasteiger partial charge in [-0.05, 0) is 67.1 Å². The number of carbonyl (C=O) groups is 2. The summed E-state index contributed by atoms with van der Waals surface area (Å²) in [4.78, 5) is 25.9. The molecule has 2 atom stereocenters. The van der Waals surface area contributed by atoms with E-state index in [1.807, 2.05) is 32.0 Å². The maximum Gasteiger partial charge on any atom is 0.293 e. The molecular formula is C30H34N2O7S. The van der Waals surface area contributed by atoms with E-state index in [0.29, 0.717) is 37.5 Å². The van der Waals surface area contributed by atoms with Crippen LogP contribution in [-0.2, 0) is 26.1 Å². The average molecular weight is 567 g/mol. The standard InChI is InChI=1S/C30H34N2O7S/c1-3-24-18-32(40(35,36)29-9-5-4-8-27(29)38-24)17-23-16-22(11-10-21(23)2)25(19-37-20-33)26-12-13-28(39-26)30(34)31-14-6-7-15-31/h4-5,8-13,16,20,24-25H,3,6-7,14-15,17-19H2,1-2H3/t24-,25?/m1/s1. The highest BCUT2D eigenvalue weighted by Gasteiger charge is 2.34. The number of nitrogens with zero attached hydrogens (tertiary/aromatic N) is 2. The zero-order valence-electron chi connectivity index (χ0n) is 22.7. The predicted octanol–water partition coefficient (Wildman–Crippen LogP) is 4.49. The van der Waals surface area contributed by atoms with Crippen molar-refractivity contribution in [3.8, 4) is 5.75 Å². The van der Waals surface area contributed by atoms with Crippen LogP contribution in [0.5, 0.6) is 5.75 Å². The van der Waals surface area contributed by atoms with Gasteiger partial charge in [0, 0.05) is 19.6 Å². The zero-order valence-corrected chi connectivity index (χ0v) is 23.6. The highest BCUT2D eigenvalue weighted by atomic mass is 32.2. The molecule has 1 aromatic heterocycles. The summed E-state index contributed by atoms with van der Waals surface area (Å²) in [6.07, 6.45) is 2.32. The number of amides is 1. The monoisotopic (exact) mass is 566 g/mol. The minimum absolute atomic E-state index is 0.0119. The van der Waals surface area contributed by atoms with Crippen molar-refractivity contribution in [1.82, 2.24) is 9.21 Å². The molecule has 212 valence electrons. The Balaban J connectivity index is 1.46. The summed E-state index contributed by atoms with van der Waals surface area (Å²) < 4.78 is 46.1. The van der Waals surface area contributed by atoms with Crippen LogP contribution in [0.2, 0.25) is 0 Å². The Morgan fingerprint density at radius 2 is 1.90 bits per heavy atom. The van der Waals surface area contributed by atoms with Gasteiger partial charge in [-0.2, -0.15) is 4.31 Å². The summed E-state index contributed by atoms with van der Waals surface area (Å²) in [6.45, 7) is 6.08. The number of para-hydroxylation sites is 1. The van der Waals surface area contributed by atoms with E-state index in [-0.39, 0.29) is 42.4 Å². The van der Waals surface area contributed by atoms with Crippen molar-refractivity contribution in [2.24, 2.45) is 0 Å². The molecule has 40 heavy (non-hydrogen) atoms. The van der Waals surface area contributed by atoms with E-state index in [1.165, 1.54) is 4.31 Å². The van der Waals surface area contributed by atoms with Crippen LogP contribution in [0.4, 0.5) is 0 Å².